The fourth-order valence-electron chi connectivity index (χ4n) is 1.95. The van der Waals surface area contributed by atoms with Gasteiger partial charge in [0.2, 0.25) is 0 Å². The molecule has 16 heavy (non-hydrogen) atoms. The Kier molecular flexibility index (Phi) is 5.20. The summed E-state index contributed by atoms with van der Waals surface area (Å²) in [5.41, 5.74) is 3.61. The molecular weight excluding hydrogens is 198 g/mol. The Morgan fingerprint density at radius 1 is 1.19 bits per heavy atom. The number of Topliss-reactive ketones (excluding diaryl/α,β-unsaturated/α-hetero) is 1. The van der Waals surface area contributed by atoms with Crippen molar-refractivity contribution >= 4 is 5.78 Å². The van der Waals surface area contributed by atoms with E-state index in [2.05, 4.69) is 37.4 Å². The van der Waals surface area contributed by atoms with Crippen LogP contribution in [0.5, 0.6) is 0 Å². The predicted molar refractivity (Wildman–Crippen MR) is 67.8 cm³/mol. The van der Waals surface area contributed by atoms with Crippen LogP contribution >= 0.6 is 0 Å². The minimum absolute atomic E-state index is 0.334. The highest BCUT2D eigenvalue weighted by atomic mass is 16.1. The van der Waals surface area contributed by atoms with Crippen LogP contribution in [0.4, 0.5) is 0 Å². The molecule has 0 fully saturated rings. The van der Waals surface area contributed by atoms with E-state index in [0.717, 1.165) is 18.5 Å². The zero-order chi connectivity index (χ0) is 12.0. The third-order valence-corrected chi connectivity index (χ3v) is 2.57. The van der Waals surface area contributed by atoms with Crippen molar-refractivity contribution in [3.63, 3.8) is 0 Å². The number of rotatable bonds is 6. The SMILES string of the molecule is CNCCCC(=O)Cc1cc(C)cc(C)c1. The van der Waals surface area contributed by atoms with Gasteiger partial charge in [0.25, 0.3) is 0 Å². The van der Waals surface area contributed by atoms with Gasteiger partial charge in [-0.25, -0.2) is 0 Å². The summed E-state index contributed by atoms with van der Waals surface area (Å²) in [6, 6.07) is 6.33. The maximum atomic E-state index is 11.7. The third kappa shape index (κ3) is 4.58. The zero-order valence-corrected chi connectivity index (χ0v) is 10.5. The van der Waals surface area contributed by atoms with E-state index in [1.165, 1.54) is 11.1 Å². The molecule has 0 unspecified atom stereocenters. The lowest BCUT2D eigenvalue weighted by atomic mass is 10.0. The fraction of sp³-hybridized carbons (Fsp3) is 0.500. The van der Waals surface area contributed by atoms with E-state index in [1.54, 1.807) is 0 Å². The Hall–Kier alpha value is -1.15. The number of ketones is 1. The van der Waals surface area contributed by atoms with Gasteiger partial charge >= 0.3 is 0 Å². The monoisotopic (exact) mass is 219 g/mol. The Morgan fingerprint density at radius 3 is 2.38 bits per heavy atom. The van der Waals surface area contributed by atoms with Crippen LogP contribution < -0.4 is 5.32 Å². The quantitative estimate of drug-likeness (QED) is 0.744. The molecule has 0 amide bonds. The molecule has 0 bridgehead atoms. The van der Waals surface area contributed by atoms with E-state index >= 15 is 0 Å². The Balaban J connectivity index is 2.49. The lowest BCUT2D eigenvalue weighted by molar-refractivity contribution is -0.118. The second-order valence-electron chi connectivity index (χ2n) is 4.42. The van der Waals surface area contributed by atoms with Crippen LogP contribution in [-0.2, 0) is 11.2 Å². The highest BCUT2D eigenvalue weighted by Gasteiger charge is 2.04. The lowest BCUT2D eigenvalue weighted by Gasteiger charge is -2.04. The molecule has 1 aromatic rings. The number of carbonyl (C=O) groups excluding carboxylic acids is 1. The molecule has 0 heterocycles. The Labute approximate surface area is 98.1 Å². The molecule has 1 rings (SSSR count). The van der Waals surface area contributed by atoms with Gasteiger partial charge in [0.1, 0.15) is 5.78 Å². The second-order valence-corrected chi connectivity index (χ2v) is 4.42. The molecule has 2 heteroatoms. The van der Waals surface area contributed by atoms with Crippen LogP contribution in [0.15, 0.2) is 18.2 Å². The van der Waals surface area contributed by atoms with Gasteiger partial charge in [0.15, 0.2) is 0 Å². The van der Waals surface area contributed by atoms with Crippen molar-refractivity contribution in [2.24, 2.45) is 0 Å². The summed E-state index contributed by atoms with van der Waals surface area (Å²) >= 11 is 0. The number of nitrogens with one attached hydrogen (secondary N) is 1. The van der Waals surface area contributed by atoms with Gasteiger partial charge in [-0.2, -0.15) is 0 Å². The van der Waals surface area contributed by atoms with Gasteiger partial charge in [-0.05, 0) is 39.4 Å². The zero-order valence-electron chi connectivity index (χ0n) is 10.5. The van der Waals surface area contributed by atoms with Crippen molar-refractivity contribution in [3.05, 3.63) is 34.9 Å². The Bertz CT molecular complexity index is 338. The molecule has 0 spiro atoms. The molecule has 0 aromatic heterocycles. The molecular formula is C14H21NO. The number of carbonyl (C=O) groups is 1. The van der Waals surface area contributed by atoms with E-state index < -0.39 is 0 Å². The molecule has 88 valence electrons. The first-order valence-corrected chi connectivity index (χ1v) is 5.85. The topological polar surface area (TPSA) is 29.1 Å². The largest absolute Gasteiger partial charge is 0.320 e. The van der Waals surface area contributed by atoms with Gasteiger partial charge in [0, 0.05) is 12.8 Å². The van der Waals surface area contributed by atoms with E-state index in [0.29, 0.717) is 18.6 Å². The number of hydrogen-bond donors (Lipinski definition) is 1. The van der Waals surface area contributed by atoms with Crippen molar-refractivity contribution in [1.82, 2.24) is 5.32 Å². The molecule has 0 saturated carbocycles. The summed E-state index contributed by atoms with van der Waals surface area (Å²) in [6.07, 6.45) is 2.18. The van der Waals surface area contributed by atoms with Gasteiger partial charge in [-0.1, -0.05) is 29.3 Å². The third-order valence-electron chi connectivity index (χ3n) is 2.57. The first-order chi connectivity index (χ1) is 7.61. The average Bonchev–Trinajstić information content (AvgIpc) is 2.16. The van der Waals surface area contributed by atoms with Gasteiger partial charge < -0.3 is 5.32 Å². The summed E-state index contributed by atoms with van der Waals surface area (Å²) < 4.78 is 0. The van der Waals surface area contributed by atoms with Crippen LogP contribution in [0.3, 0.4) is 0 Å². The molecule has 0 aliphatic heterocycles. The van der Waals surface area contributed by atoms with Crippen LogP contribution in [0.1, 0.15) is 29.5 Å². The van der Waals surface area contributed by atoms with Crippen LogP contribution in [-0.4, -0.2) is 19.4 Å². The molecule has 2 nitrogen and oxygen atoms in total. The summed E-state index contributed by atoms with van der Waals surface area (Å²) in [5.74, 6) is 0.334. The van der Waals surface area contributed by atoms with Gasteiger partial charge in [-0.3, -0.25) is 4.79 Å². The summed E-state index contributed by atoms with van der Waals surface area (Å²) in [5, 5.41) is 3.05. The highest BCUT2D eigenvalue weighted by Crippen LogP contribution is 2.10. The summed E-state index contributed by atoms with van der Waals surface area (Å²) in [4.78, 5) is 11.7. The molecule has 1 aromatic carbocycles. The average molecular weight is 219 g/mol. The van der Waals surface area contributed by atoms with Gasteiger partial charge in [0.05, 0.1) is 0 Å². The van der Waals surface area contributed by atoms with Crippen molar-refractivity contribution in [1.29, 1.82) is 0 Å². The summed E-state index contributed by atoms with van der Waals surface area (Å²) in [7, 11) is 1.91. The lowest BCUT2D eigenvalue weighted by Crippen LogP contribution is -2.11. The van der Waals surface area contributed by atoms with Gasteiger partial charge in [-0.15, -0.1) is 0 Å². The highest BCUT2D eigenvalue weighted by molar-refractivity contribution is 5.80. The van der Waals surface area contributed by atoms with Crippen molar-refractivity contribution in [3.8, 4) is 0 Å². The van der Waals surface area contributed by atoms with Crippen molar-refractivity contribution < 1.29 is 4.79 Å². The van der Waals surface area contributed by atoms with E-state index in [4.69, 9.17) is 0 Å². The normalized spacial score (nSPS) is 10.4. The van der Waals surface area contributed by atoms with Crippen molar-refractivity contribution in [2.45, 2.75) is 33.1 Å². The first kappa shape index (κ1) is 12.9. The number of aryl methyl sites for hydroxylation is 2. The molecule has 0 atom stereocenters. The van der Waals surface area contributed by atoms with Crippen LogP contribution in [0, 0.1) is 13.8 Å². The number of benzene rings is 1. The predicted octanol–water partition coefficient (Wildman–Crippen LogP) is 2.41. The van der Waals surface area contributed by atoms with E-state index in [-0.39, 0.29) is 0 Å². The summed E-state index contributed by atoms with van der Waals surface area (Å²) in [6.45, 7) is 5.06. The van der Waals surface area contributed by atoms with E-state index in [1.807, 2.05) is 7.05 Å². The number of hydrogen-bond acceptors (Lipinski definition) is 2. The molecule has 0 radical (unpaired) electrons. The van der Waals surface area contributed by atoms with E-state index in [9.17, 15) is 4.79 Å². The maximum absolute atomic E-state index is 11.7. The smallest absolute Gasteiger partial charge is 0.137 e. The molecule has 1 N–H and O–H groups in total. The minimum Gasteiger partial charge on any atom is -0.320 e. The Morgan fingerprint density at radius 2 is 1.81 bits per heavy atom. The van der Waals surface area contributed by atoms with Crippen LogP contribution in [0.25, 0.3) is 0 Å². The first-order valence-electron chi connectivity index (χ1n) is 5.85. The minimum atomic E-state index is 0.334. The molecule has 0 aliphatic rings. The maximum Gasteiger partial charge on any atom is 0.137 e. The molecule has 0 aliphatic carbocycles. The van der Waals surface area contributed by atoms with Crippen LogP contribution in [0.2, 0.25) is 0 Å². The fourth-order valence-corrected chi connectivity index (χ4v) is 1.95. The second kappa shape index (κ2) is 6.44. The van der Waals surface area contributed by atoms with Crippen molar-refractivity contribution in [2.75, 3.05) is 13.6 Å². The standard InChI is InChI=1S/C14H21NO/c1-11-7-12(2)9-13(8-11)10-14(16)5-4-6-15-3/h7-9,15H,4-6,10H2,1-3H3. The molecule has 0 saturated heterocycles.